The van der Waals surface area contributed by atoms with Gasteiger partial charge in [0.05, 0.1) is 31.0 Å². The molecule has 3 heterocycles. The maximum atomic E-state index is 13.2. The predicted molar refractivity (Wildman–Crippen MR) is 114 cm³/mol. The lowest BCUT2D eigenvalue weighted by Crippen LogP contribution is -2.39. The highest BCUT2D eigenvalue weighted by molar-refractivity contribution is 7.10. The molecule has 0 aliphatic carbocycles. The summed E-state index contributed by atoms with van der Waals surface area (Å²) in [4.78, 5) is 32.0. The van der Waals surface area contributed by atoms with Gasteiger partial charge in [0.15, 0.2) is 5.78 Å². The summed E-state index contributed by atoms with van der Waals surface area (Å²) in [5.41, 5.74) is 4.74. The van der Waals surface area contributed by atoms with Gasteiger partial charge in [-0.3, -0.25) is 9.69 Å². The highest BCUT2D eigenvalue weighted by Gasteiger charge is 2.32. The van der Waals surface area contributed by atoms with E-state index in [0.29, 0.717) is 22.5 Å². The number of fused-ring (bicyclic) bond motifs is 1. The number of carbonyl (C=O) groups is 2. The van der Waals surface area contributed by atoms with Crippen molar-refractivity contribution in [3.63, 3.8) is 0 Å². The summed E-state index contributed by atoms with van der Waals surface area (Å²) in [6, 6.07) is 12.6. The number of ketones is 1. The van der Waals surface area contributed by atoms with E-state index >= 15 is 0 Å². The van der Waals surface area contributed by atoms with Crippen LogP contribution in [-0.2, 0) is 11.2 Å². The van der Waals surface area contributed by atoms with E-state index in [9.17, 15) is 9.59 Å². The van der Waals surface area contributed by atoms with E-state index in [1.165, 1.54) is 23.1 Å². The fourth-order valence-electron chi connectivity index (χ4n) is 4.26. The predicted octanol–water partition coefficient (Wildman–Crippen LogP) is 4.31. The second-order valence-corrected chi connectivity index (χ2v) is 8.37. The summed E-state index contributed by atoms with van der Waals surface area (Å²) < 4.78 is 4.87. The molecule has 0 amide bonds. The Hall–Kier alpha value is -2.70. The zero-order chi connectivity index (χ0) is 20.5. The summed E-state index contributed by atoms with van der Waals surface area (Å²) in [5, 5.41) is 2.13. The van der Waals surface area contributed by atoms with E-state index in [1.807, 2.05) is 18.2 Å². The third-order valence-electron chi connectivity index (χ3n) is 5.63. The van der Waals surface area contributed by atoms with E-state index in [0.717, 1.165) is 13.0 Å². The number of nitrogens with zero attached hydrogens (tertiary/aromatic N) is 1. The molecule has 2 aromatic heterocycles. The van der Waals surface area contributed by atoms with E-state index in [-0.39, 0.29) is 18.4 Å². The zero-order valence-corrected chi connectivity index (χ0v) is 17.6. The van der Waals surface area contributed by atoms with Crippen LogP contribution in [0, 0.1) is 13.8 Å². The lowest BCUT2D eigenvalue weighted by Gasteiger charge is -2.35. The first-order chi connectivity index (χ1) is 14.0. The fourth-order valence-corrected chi connectivity index (χ4v) is 5.17. The van der Waals surface area contributed by atoms with E-state index < -0.39 is 5.97 Å². The van der Waals surface area contributed by atoms with Crippen LogP contribution in [0.4, 0.5) is 0 Å². The molecule has 4 rings (SSSR count). The van der Waals surface area contributed by atoms with Gasteiger partial charge >= 0.3 is 5.97 Å². The SMILES string of the molecule is COC(=O)c1c(C)[nH]c(C(=O)CN2CCc3sccc3[C@@H]2c2ccccc2)c1C. The number of aromatic nitrogens is 1. The normalized spacial score (nSPS) is 16.4. The van der Waals surface area contributed by atoms with Crippen LogP contribution >= 0.6 is 11.3 Å². The number of ether oxygens (including phenoxy) is 1. The Morgan fingerprint density at radius 1 is 1.21 bits per heavy atom. The van der Waals surface area contributed by atoms with E-state index in [2.05, 4.69) is 33.5 Å². The van der Waals surface area contributed by atoms with Crippen LogP contribution in [0.2, 0.25) is 0 Å². The van der Waals surface area contributed by atoms with E-state index in [1.54, 1.807) is 25.2 Å². The number of aromatic amines is 1. The molecule has 0 saturated heterocycles. The number of thiophene rings is 1. The molecule has 0 radical (unpaired) electrons. The van der Waals surface area contributed by atoms with Crippen LogP contribution in [0.5, 0.6) is 0 Å². The first-order valence-corrected chi connectivity index (χ1v) is 10.5. The van der Waals surface area contributed by atoms with Crippen molar-refractivity contribution < 1.29 is 14.3 Å². The molecule has 0 spiro atoms. The summed E-state index contributed by atoms with van der Waals surface area (Å²) in [5.74, 6) is -0.432. The number of hydrogen-bond acceptors (Lipinski definition) is 5. The minimum atomic E-state index is -0.418. The Labute approximate surface area is 174 Å². The highest BCUT2D eigenvalue weighted by atomic mass is 32.1. The molecule has 0 unspecified atom stereocenters. The van der Waals surface area contributed by atoms with Crippen molar-refractivity contribution in [1.29, 1.82) is 0 Å². The van der Waals surface area contributed by atoms with Gasteiger partial charge in [-0.25, -0.2) is 4.79 Å². The number of carbonyl (C=O) groups excluding carboxylic acids is 2. The minimum Gasteiger partial charge on any atom is -0.465 e. The van der Waals surface area contributed by atoms with Gasteiger partial charge in [0.25, 0.3) is 0 Å². The number of hydrogen-bond donors (Lipinski definition) is 1. The quantitative estimate of drug-likeness (QED) is 0.505. The molecule has 1 atom stereocenters. The average molecular weight is 409 g/mol. The Morgan fingerprint density at radius 2 is 1.97 bits per heavy atom. The first kappa shape index (κ1) is 19.6. The molecule has 1 aliphatic heterocycles. The van der Waals surface area contributed by atoms with Gasteiger partial charge in [-0.1, -0.05) is 30.3 Å². The molecule has 1 N–H and O–H groups in total. The summed E-state index contributed by atoms with van der Waals surface area (Å²) in [6.07, 6.45) is 0.944. The van der Waals surface area contributed by atoms with Crippen molar-refractivity contribution >= 4 is 23.1 Å². The Morgan fingerprint density at radius 3 is 2.69 bits per heavy atom. The van der Waals surface area contributed by atoms with Crippen LogP contribution in [-0.4, -0.2) is 41.8 Å². The Balaban J connectivity index is 1.65. The molecule has 150 valence electrons. The van der Waals surface area contributed by atoms with Crippen LogP contribution in [0.3, 0.4) is 0 Å². The van der Waals surface area contributed by atoms with Crippen molar-refractivity contribution in [2.45, 2.75) is 26.3 Å². The number of aryl methyl sites for hydroxylation is 1. The molecule has 0 saturated carbocycles. The maximum Gasteiger partial charge on any atom is 0.339 e. The van der Waals surface area contributed by atoms with Gasteiger partial charge in [-0.05, 0) is 48.4 Å². The monoisotopic (exact) mass is 408 g/mol. The molecule has 6 heteroatoms. The summed E-state index contributed by atoms with van der Waals surface area (Å²) in [7, 11) is 1.35. The third-order valence-corrected chi connectivity index (χ3v) is 6.63. The largest absolute Gasteiger partial charge is 0.465 e. The van der Waals surface area contributed by atoms with Crippen molar-refractivity contribution in [3.05, 3.63) is 80.3 Å². The Kier molecular flexibility index (Phi) is 5.39. The smallest absolute Gasteiger partial charge is 0.339 e. The number of esters is 1. The first-order valence-electron chi connectivity index (χ1n) is 9.67. The van der Waals surface area contributed by atoms with Crippen molar-refractivity contribution in [3.8, 4) is 0 Å². The molecule has 29 heavy (non-hydrogen) atoms. The highest BCUT2D eigenvalue weighted by Crippen LogP contribution is 2.37. The average Bonchev–Trinajstić information content (AvgIpc) is 3.32. The van der Waals surface area contributed by atoms with E-state index in [4.69, 9.17) is 4.74 Å². The third kappa shape index (κ3) is 3.54. The lowest BCUT2D eigenvalue weighted by atomic mass is 9.93. The van der Waals surface area contributed by atoms with Crippen LogP contribution in [0.1, 0.15) is 54.1 Å². The number of rotatable bonds is 5. The topological polar surface area (TPSA) is 62.4 Å². The molecule has 1 aliphatic rings. The van der Waals surface area contributed by atoms with Crippen LogP contribution in [0.25, 0.3) is 0 Å². The van der Waals surface area contributed by atoms with Crippen LogP contribution < -0.4 is 0 Å². The molecule has 3 aromatic rings. The number of H-pyrrole nitrogens is 1. The number of benzene rings is 1. The molecule has 0 bridgehead atoms. The summed E-state index contributed by atoms with van der Waals surface area (Å²) in [6.45, 7) is 4.70. The maximum absolute atomic E-state index is 13.2. The number of Topliss-reactive ketones (excluding diaryl/α,β-unsaturated/α-hetero) is 1. The van der Waals surface area contributed by atoms with Crippen molar-refractivity contribution in [2.24, 2.45) is 0 Å². The zero-order valence-electron chi connectivity index (χ0n) is 16.8. The van der Waals surface area contributed by atoms with Gasteiger partial charge in [-0.15, -0.1) is 11.3 Å². The Bertz CT molecular complexity index is 1050. The molecule has 1 aromatic carbocycles. The van der Waals surface area contributed by atoms with Crippen LogP contribution in [0.15, 0.2) is 41.8 Å². The summed E-state index contributed by atoms with van der Waals surface area (Å²) >= 11 is 1.79. The standard InChI is InChI=1S/C23H24N2O3S/c1-14-20(23(27)28-3)15(2)24-21(14)18(26)13-25-11-9-19-17(10-12-29-19)22(25)16-7-5-4-6-8-16/h4-8,10,12,22,24H,9,11,13H2,1-3H3/t22-/m0/s1. The molecule has 5 nitrogen and oxygen atoms in total. The second-order valence-electron chi connectivity index (χ2n) is 7.37. The fraction of sp³-hybridized carbons (Fsp3) is 0.304. The van der Waals surface area contributed by atoms with Gasteiger partial charge < -0.3 is 9.72 Å². The number of nitrogens with one attached hydrogen (secondary N) is 1. The molecule has 0 fully saturated rings. The lowest BCUT2D eigenvalue weighted by molar-refractivity contribution is 0.0599. The number of methoxy groups -OCH3 is 1. The van der Waals surface area contributed by atoms with Gasteiger partial charge in [0.2, 0.25) is 0 Å². The molecular weight excluding hydrogens is 384 g/mol. The molecular formula is C23H24N2O3S. The van der Waals surface area contributed by atoms with Gasteiger partial charge in [0, 0.05) is 17.1 Å². The van der Waals surface area contributed by atoms with Gasteiger partial charge in [0.1, 0.15) is 0 Å². The van der Waals surface area contributed by atoms with Crippen molar-refractivity contribution in [1.82, 2.24) is 9.88 Å². The minimum absolute atomic E-state index is 0.0136. The van der Waals surface area contributed by atoms with Crippen molar-refractivity contribution in [2.75, 3.05) is 20.2 Å². The van der Waals surface area contributed by atoms with Gasteiger partial charge in [-0.2, -0.15) is 0 Å². The second kappa shape index (κ2) is 7.97.